The molecule has 0 atom stereocenters. The number of nitriles is 1. The van der Waals surface area contributed by atoms with E-state index in [0.717, 1.165) is 18.8 Å². The summed E-state index contributed by atoms with van der Waals surface area (Å²) in [5.41, 5.74) is 10.2. The van der Waals surface area contributed by atoms with E-state index >= 15 is 0 Å². The van der Waals surface area contributed by atoms with Crippen LogP contribution in [0.25, 0.3) is 10.4 Å². The highest BCUT2D eigenvalue weighted by Gasteiger charge is 2.08. The van der Waals surface area contributed by atoms with Gasteiger partial charge in [-0.05, 0) is 31.5 Å². The Balaban J connectivity index is 3.21. The number of hydrogen-bond acceptors (Lipinski definition) is 3. The molecule has 0 aliphatic carbocycles. The van der Waals surface area contributed by atoms with E-state index in [1.54, 1.807) is 12.1 Å². The first-order chi connectivity index (χ1) is 7.76. The minimum absolute atomic E-state index is 0.468. The molecule has 0 unspecified atom stereocenters. The highest BCUT2D eigenvalue weighted by molar-refractivity contribution is 5.64. The van der Waals surface area contributed by atoms with Gasteiger partial charge in [0.15, 0.2) is 0 Å². The molecule has 0 saturated carbocycles. The Morgan fingerprint density at radius 1 is 1.44 bits per heavy atom. The van der Waals surface area contributed by atoms with E-state index in [9.17, 15) is 0 Å². The van der Waals surface area contributed by atoms with Crippen molar-refractivity contribution in [1.29, 1.82) is 5.26 Å². The van der Waals surface area contributed by atoms with Crippen LogP contribution in [-0.2, 0) is 0 Å². The lowest BCUT2D eigenvalue weighted by atomic mass is 10.1. The highest BCUT2D eigenvalue weighted by Crippen LogP contribution is 2.25. The van der Waals surface area contributed by atoms with Gasteiger partial charge in [0.05, 0.1) is 11.3 Å². The predicted molar refractivity (Wildman–Crippen MR) is 63.5 cm³/mol. The molecule has 0 aliphatic rings. The van der Waals surface area contributed by atoms with Gasteiger partial charge in [0.1, 0.15) is 6.07 Å². The summed E-state index contributed by atoms with van der Waals surface area (Å²) in [6, 6.07) is 7.25. The normalized spacial score (nSPS) is 9.06. The maximum Gasteiger partial charge on any atom is 0.101 e. The number of azide groups is 1. The Kier molecular flexibility index (Phi) is 4.19. The molecule has 0 saturated heterocycles. The fourth-order valence-corrected chi connectivity index (χ4v) is 1.57. The number of hydrogen-bond donors (Lipinski definition) is 0. The Hall–Kier alpha value is -2.18. The van der Waals surface area contributed by atoms with E-state index in [4.69, 9.17) is 10.8 Å². The van der Waals surface area contributed by atoms with Crippen molar-refractivity contribution in [2.45, 2.75) is 13.8 Å². The summed E-state index contributed by atoms with van der Waals surface area (Å²) in [6.07, 6.45) is 0. The zero-order valence-corrected chi connectivity index (χ0v) is 9.38. The molecule has 0 N–H and O–H groups in total. The summed E-state index contributed by atoms with van der Waals surface area (Å²) in [7, 11) is 0. The molecule has 1 rings (SSSR count). The fraction of sp³-hybridized carbons (Fsp3) is 0.364. The van der Waals surface area contributed by atoms with Gasteiger partial charge in [-0.1, -0.05) is 11.2 Å². The third kappa shape index (κ3) is 2.44. The number of benzene rings is 1. The maximum atomic E-state index is 9.04. The molecule has 0 amide bonds. The average Bonchev–Trinajstić information content (AvgIpc) is 2.32. The minimum atomic E-state index is 0.468. The average molecular weight is 215 g/mol. The third-order valence-electron chi connectivity index (χ3n) is 2.36. The van der Waals surface area contributed by atoms with Crippen LogP contribution in [0.5, 0.6) is 0 Å². The molecular formula is C11H13N5. The molecule has 0 heterocycles. The summed E-state index contributed by atoms with van der Waals surface area (Å²) in [5, 5.41) is 12.5. The SMILES string of the molecule is CCN(CC)c1ccc(N=[N+]=[N-])cc1C#N. The lowest BCUT2D eigenvalue weighted by Crippen LogP contribution is -2.22. The van der Waals surface area contributed by atoms with Crippen LogP contribution in [0.15, 0.2) is 23.3 Å². The minimum Gasteiger partial charge on any atom is -0.371 e. The van der Waals surface area contributed by atoms with Gasteiger partial charge in [0.2, 0.25) is 0 Å². The fourth-order valence-electron chi connectivity index (χ4n) is 1.57. The van der Waals surface area contributed by atoms with Gasteiger partial charge in [-0.3, -0.25) is 0 Å². The van der Waals surface area contributed by atoms with E-state index < -0.39 is 0 Å². The molecule has 5 heteroatoms. The van der Waals surface area contributed by atoms with Gasteiger partial charge in [-0.25, -0.2) is 0 Å². The van der Waals surface area contributed by atoms with Crippen LogP contribution in [-0.4, -0.2) is 13.1 Å². The number of nitrogens with zero attached hydrogens (tertiary/aromatic N) is 5. The monoisotopic (exact) mass is 215 g/mol. The van der Waals surface area contributed by atoms with Crippen molar-refractivity contribution in [3.05, 3.63) is 34.2 Å². The summed E-state index contributed by atoms with van der Waals surface area (Å²) >= 11 is 0. The molecule has 16 heavy (non-hydrogen) atoms. The van der Waals surface area contributed by atoms with Crippen molar-refractivity contribution in [2.24, 2.45) is 5.11 Å². The first kappa shape index (κ1) is 11.9. The number of anilines is 1. The first-order valence-electron chi connectivity index (χ1n) is 5.11. The van der Waals surface area contributed by atoms with Crippen molar-refractivity contribution >= 4 is 11.4 Å². The molecule has 0 aromatic heterocycles. The molecule has 0 radical (unpaired) electrons. The van der Waals surface area contributed by atoms with Crippen molar-refractivity contribution < 1.29 is 0 Å². The van der Waals surface area contributed by atoms with Crippen LogP contribution in [0.4, 0.5) is 11.4 Å². The predicted octanol–water partition coefficient (Wildman–Crippen LogP) is 3.35. The second-order valence-corrected chi connectivity index (χ2v) is 3.17. The summed E-state index contributed by atoms with van der Waals surface area (Å²) < 4.78 is 0. The van der Waals surface area contributed by atoms with Gasteiger partial charge in [0, 0.05) is 23.7 Å². The van der Waals surface area contributed by atoms with Crippen molar-refractivity contribution in [3.63, 3.8) is 0 Å². The van der Waals surface area contributed by atoms with E-state index in [0.29, 0.717) is 11.3 Å². The lowest BCUT2D eigenvalue weighted by Gasteiger charge is -2.22. The second-order valence-electron chi connectivity index (χ2n) is 3.17. The van der Waals surface area contributed by atoms with Crippen LogP contribution in [0, 0.1) is 11.3 Å². The van der Waals surface area contributed by atoms with Crippen molar-refractivity contribution in [2.75, 3.05) is 18.0 Å². The molecule has 0 spiro atoms. The Labute approximate surface area is 94.5 Å². The topological polar surface area (TPSA) is 75.8 Å². The van der Waals surface area contributed by atoms with E-state index in [2.05, 4.69) is 21.0 Å². The van der Waals surface area contributed by atoms with E-state index in [-0.39, 0.29) is 0 Å². The van der Waals surface area contributed by atoms with Gasteiger partial charge in [-0.15, -0.1) is 0 Å². The molecule has 0 aliphatic heterocycles. The van der Waals surface area contributed by atoms with Gasteiger partial charge >= 0.3 is 0 Å². The maximum absolute atomic E-state index is 9.04. The number of rotatable bonds is 4. The molecule has 1 aromatic carbocycles. The summed E-state index contributed by atoms with van der Waals surface area (Å²) in [4.78, 5) is 4.78. The lowest BCUT2D eigenvalue weighted by molar-refractivity contribution is 0.864. The Morgan fingerprint density at radius 2 is 2.12 bits per heavy atom. The quantitative estimate of drug-likeness (QED) is 0.438. The van der Waals surface area contributed by atoms with Crippen LogP contribution in [0.1, 0.15) is 19.4 Å². The van der Waals surface area contributed by atoms with Crippen molar-refractivity contribution in [3.8, 4) is 6.07 Å². The van der Waals surface area contributed by atoms with Gasteiger partial charge < -0.3 is 4.90 Å². The molecule has 0 bridgehead atoms. The van der Waals surface area contributed by atoms with E-state index in [1.807, 2.05) is 19.9 Å². The van der Waals surface area contributed by atoms with E-state index in [1.165, 1.54) is 0 Å². The largest absolute Gasteiger partial charge is 0.371 e. The van der Waals surface area contributed by atoms with Crippen LogP contribution < -0.4 is 4.90 Å². The summed E-state index contributed by atoms with van der Waals surface area (Å²) in [5.74, 6) is 0. The standard InChI is InChI=1S/C11H13N5/c1-3-16(4-2)11-6-5-10(14-15-13)7-9(11)8-12/h5-7H,3-4H2,1-2H3. The van der Waals surface area contributed by atoms with Gasteiger partial charge in [-0.2, -0.15) is 5.26 Å². The van der Waals surface area contributed by atoms with Crippen molar-refractivity contribution in [1.82, 2.24) is 0 Å². The molecular weight excluding hydrogens is 202 g/mol. The molecule has 82 valence electrons. The summed E-state index contributed by atoms with van der Waals surface area (Å²) in [6.45, 7) is 5.75. The van der Waals surface area contributed by atoms with Crippen LogP contribution in [0.3, 0.4) is 0 Å². The zero-order chi connectivity index (χ0) is 12.0. The Morgan fingerprint density at radius 3 is 2.62 bits per heavy atom. The third-order valence-corrected chi connectivity index (χ3v) is 2.36. The Bertz CT molecular complexity index is 450. The van der Waals surface area contributed by atoms with Crippen LogP contribution >= 0.6 is 0 Å². The van der Waals surface area contributed by atoms with Gasteiger partial charge in [0.25, 0.3) is 0 Å². The second kappa shape index (κ2) is 5.64. The smallest absolute Gasteiger partial charge is 0.101 e. The van der Waals surface area contributed by atoms with Crippen LogP contribution in [0.2, 0.25) is 0 Å². The molecule has 5 nitrogen and oxygen atoms in total. The zero-order valence-electron chi connectivity index (χ0n) is 9.38. The first-order valence-corrected chi connectivity index (χ1v) is 5.11. The molecule has 0 fully saturated rings. The molecule has 1 aromatic rings. The highest BCUT2D eigenvalue weighted by atomic mass is 15.1.